The van der Waals surface area contributed by atoms with Gasteiger partial charge in [-0.25, -0.2) is 0 Å². The summed E-state index contributed by atoms with van der Waals surface area (Å²) in [5.41, 5.74) is 16.0. The van der Waals surface area contributed by atoms with E-state index in [0.29, 0.717) is 0 Å². The molecule has 0 radical (unpaired) electrons. The smallest absolute Gasteiger partial charge is 0.459 e. The molecule has 0 saturated heterocycles. The maximum atomic E-state index is 7.47. The highest BCUT2D eigenvalue weighted by molar-refractivity contribution is 6.89. The summed E-state index contributed by atoms with van der Waals surface area (Å²) in [5.74, 6) is 0. The summed E-state index contributed by atoms with van der Waals surface area (Å²) in [5, 5.41) is 0. The molecule has 0 aliphatic carbocycles. The average Bonchev–Trinajstić information content (AvgIpc) is 3.81. The van der Waals surface area contributed by atoms with Crippen LogP contribution in [0.2, 0.25) is 0 Å². The van der Waals surface area contributed by atoms with E-state index >= 15 is 0 Å². The van der Waals surface area contributed by atoms with Crippen LogP contribution in [0.5, 0.6) is 0 Å². The summed E-state index contributed by atoms with van der Waals surface area (Å²) in [7, 11) is 0. The number of hydrogen-bond donors (Lipinski definition) is 0. The maximum absolute atomic E-state index is 7.47. The Hall–Kier alpha value is -6.07. The Labute approximate surface area is 273 Å². The number of para-hydroxylation sites is 8. The third-order valence-electron chi connectivity index (χ3n) is 10.1. The van der Waals surface area contributed by atoms with Gasteiger partial charge in [0.2, 0.25) is 0 Å². The summed E-state index contributed by atoms with van der Waals surface area (Å²) in [6.07, 6.45) is 0. The van der Waals surface area contributed by atoms with Crippen LogP contribution in [0.25, 0.3) is 22.3 Å². The van der Waals surface area contributed by atoms with Crippen molar-refractivity contribution < 1.29 is 4.42 Å². The largest absolute Gasteiger partial charge is 0.474 e. The number of nitrogens with zero attached hydrogens (tertiary/aromatic N) is 4. The molecule has 0 saturated carbocycles. The first kappa shape index (κ1) is 25.2. The van der Waals surface area contributed by atoms with Gasteiger partial charge in [-0.15, -0.1) is 0 Å². The quantitative estimate of drug-likeness (QED) is 0.185. The lowest BCUT2D eigenvalue weighted by Crippen LogP contribution is -2.56. The average molecular weight is 600 g/mol. The molecule has 0 fully saturated rings. The fourth-order valence-corrected chi connectivity index (χ4v) is 8.39. The Kier molecular flexibility index (Phi) is 4.95. The number of hydrogen-bond acceptors (Lipinski definition) is 5. The lowest BCUT2D eigenvalue weighted by Gasteiger charge is -2.35. The van der Waals surface area contributed by atoms with Crippen LogP contribution < -0.4 is 30.6 Å². The van der Waals surface area contributed by atoms with E-state index < -0.39 is 0 Å². The molecule has 0 bridgehead atoms. The summed E-state index contributed by atoms with van der Waals surface area (Å²) < 4.78 is 7.47. The van der Waals surface area contributed by atoms with Gasteiger partial charge in [0.05, 0.1) is 22.7 Å². The van der Waals surface area contributed by atoms with Gasteiger partial charge in [-0.3, -0.25) is 0 Å². The monoisotopic (exact) mass is 600 g/mol. The molecule has 7 heteroatoms. The van der Waals surface area contributed by atoms with Crippen LogP contribution in [0.4, 0.5) is 45.5 Å². The number of rotatable bonds is 2. The third-order valence-corrected chi connectivity index (χ3v) is 10.1. The van der Waals surface area contributed by atoms with Crippen molar-refractivity contribution >= 4 is 70.8 Å². The zero-order valence-electron chi connectivity index (χ0n) is 25.4. The standard InChI is InChI=1S/C40H26B2N4O/c1-3-15-27(16-4-1)43-33-23-11-13-25-35(33)45-31-21-9-7-19-29(31)37-38-30-20-8-10-22-32(30)46-36-26-14-12-24-34(36)44(28-17-5-2-6-18-28)42(46)40(38)47-39(37)41(43)45/h1-26H. The molecule has 1 aromatic heterocycles. The van der Waals surface area contributed by atoms with Crippen molar-refractivity contribution in [3.05, 3.63) is 158 Å². The molecule has 0 amide bonds. The molecule has 0 spiro atoms. The summed E-state index contributed by atoms with van der Waals surface area (Å²) in [6, 6.07) is 56.6. The van der Waals surface area contributed by atoms with Gasteiger partial charge >= 0.3 is 14.0 Å². The second kappa shape index (κ2) is 9.24. The van der Waals surface area contributed by atoms with Crippen LogP contribution in [-0.2, 0) is 0 Å². The van der Waals surface area contributed by atoms with Gasteiger partial charge < -0.3 is 23.7 Å². The summed E-state index contributed by atoms with van der Waals surface area (Å²) in [6.45, 7) is -0.389. The van der Waals surface area contributed by atoms with Crippen molar-refractivity contribution in [1.82, 2.24) is 0 Å². The molecule has 4 aliphatic rings. The highest BCUT2D eigenvalue weighted by Crippen LogP contribution is 2.56. The molecule has 7 aromatic rings. The molecule has 47 heavy (non-hydrogen) atoms. The van der Waals surface area contributed by atoms with Gasteiger partial charge in [0.25, 0.3) is 0 Å². The number of furan rings is 1. The third kappa shape index (κ3) is 3.20. The van der Waals surface area contributed by atoms with Crippen molar-refractivity contribution in [3.8, 4) is 22.3 Å². The van der Waals surface area contributed by atoms with Crippen molar-refractivity contribution in [2.24, 2.45) is 0 Å². The van der Waals surface area contributed by atoms with Crippen LogP contribution in [0, 0.1) is 0 Å². The minimum Gasteiger partial charge on any atom is -0.474 e. The fraction of sp³-hybridized carbons (Fsp3) is 0. The van der Waals surface area contributed by atoms with Crippen LogP contribution in [0.1, 0.15) is 0 Å². The van der Waals surface area contributed by atoms with Crippen molar-refractivity contribution in [2.75, 3.05) is 19.2 Å². The predicted octanol–water partition coefficient (Wildman–Crippen LogP) is 8.61. The van der Waals surface area contributed by atoms with Crippen LogP contribution in [0.3, 0.4) is 0 Å². The van der Waals surface area contributed by atoms with Crippen molar-refractivity contribution in [1.29, 1.82) is 0 Å². The Balaban J connectivity index is 1.24. The van der Waals surface area contributed by atoms with Gasteiger partial charge in [0.15, 0.2) is 0 Å². The molecule has 11 rings (SSSR count). The van der Waals surface area contributed by atoms with E-state index in [-0.39, 0.29) is 14.0 Å². The van der Waals surface area contributed by atoms with Gasteiger partial charge in [0, 0.05) is 45.0 Å². The lowest BCUT2D eigenvalue weighted by atomic mass is 9.60. The number of benzene rings is 6. The molecular weight excluding hydrogens is 574 g/mol. The van der Waals surface area contributed by atoms with Crippen LogP contribution >= 0.6 is 0 Å². The Bertz CT molecular complexity index is 2160. The highest BCUT2D eigenvalue weighted by Gasteiger charge is 2.56. The maximum Gasteiger partial charge on any atom is 0.459 e. The second-order valence-electron chi connectivity index (χ2n) is 12.5. The van der Waals surface area contributed by atoms with E-state index in [1.807, 2.05) is 0 Å². The minimum atomic E-state index is -0.195. The molecule has 0 atom stereocenters. The Morgan fingerprint density at radius 3 is 1.04 bits per heavy atom. The highest BCUT2D eigenvalue weighted by atomic mass is 16.3. The zero-order chi connectivity index (χ0) is 30.6. The molecular formula is C40H26B2N4O. The predicted molar refractivity (Wildman–Crippen MR) is 195 cm³/mol. The van der Waals surface area contributed by atoms with Gasteiger partial charge in [-0.2, -0.15) is 0 Å². The van der Waals surface area contributed by atoms with Gasteiger partial charge in [-0.05, 0) is 60.7 Å². The zero-order valence-corrected chi connectivity index (χ0v) is 25.4. The van der Waals surface area contributed by atoms with Crippen LogP contribution in [-0.4, -0.2) is 14.0 Å². The molecule has 0 unspecified atom stereocenters. The van der Waals surface area contributed by atoms with Gasteiger partial charge in [-0.1, -0.05) is 97.1 Å². The second-order valence-corrected chi connectivity index (χ2v) is 12.5. The van der Waals surface area contributed by atoms with E-state index in [9.17, 15) is 0 Å². The molecule has 6 aromatic carbocycles. The molecule has 4 aliphatic heterocycles. The summed E-state index contributed by atoms with van der Waals surface area (Å²) >= 11 is 0. The first-order valence-corrected chi connectivity index (χ1v) is 16.2. The number of anilines is 8. The fourth-order valence-electron chi connectivity index (χ4n) is 8.39. The molecule has 5 nitrogen and oxygen atoms in total. The van der Waals surface area contributed by atoms with E-state index in [0.717, 1.165) is 22.7 Å². The van der Waals surface area contributed by atoms with E-state index in [1.54, 1.807) is 0 Å². The van der Waals surface area contributed by atoms with Gasteiger partial charge in [0.1, 0.15) is 11.3 Å². The van der Waals surface area contributed by atoms with Crippen molar-refractivity contribution in [3.63, 3.8) is 0 Å². The first-order chi connectivity index (χ1) is 23.4. The first-order valence-electron chi connectivity index (χ1n) is 16.2. The van der Waals surface area contributed by atoms with Crippen molar-refractivity contribution in [2.45, 2.75) is 0 Å². The van der Waals surface area contributed by atoms with E-state index in [4.69, 9.17) is 4.42 Å². The Morgan fingerprint density at radius 2 is 0.638 bits per heavy atom. The normalized spacial score (nSPS) is 14.6. The lowest BCUT2D eigenvalue weighted by molar-refractivity contribution is 0.631. The number of fused-ring (bicyclic) bond motifs is 17. The minimum absolute atomic E-state index is 0.195. The summed E-state index contributed by atoms with van der Waals surface area (Å²) in [4.78, 5) is 9.83. The Morgan fingerprint density at radius 1 is 0.319 bits per heavy atom. The molecule has 5 heterocycles. The van der Waals surface area contributed by atoms with E-state index in [2.05, 4.69) is 177 Å². The SMILES string of the molecule is c1ccc(N2B3c4oc5c(c4-c4ccccc4N3c3ccccc32)-c2ccccc2N2B5N(c3ccccc3)c3ccccc32)cc1. The molecule has 218 valence electrons. The topological polar surface area (TPSA) is 26.1 Å². The van der Waals surface area contributed by atoms with E-state index in [1.165, 1.54) is 56.4 Å². The van der Waals surface area contributed by atoms with Crippen LogP contribution in [0.15, 0.2) is 162 Å². The molecule has 0 N–H and O–H groups in total.